The third-order valence-electron chi connectivity index (χ3n) is 2.65. The molecule has 0 bridgehead atoms. The van der Waals surface area contributed by atoms with Crippen molar-refractivity contribution in [2.45, 2.75) is 66.0 Å². The summed E-state index contributed by atoms with van der Waals surface area (Å²) in [6.45, 7) is 14.3. The van der Waals surface area contributed by atoms with Crippen molar-refractivity contribution >= 4 is 11.3 Å². The highest BCUT2D eigenvalue weighted by atomic mass is 32.1. The second-order valence-electron chi connectivity index (χ2n) is 6.31. The lowest BCUT2D eigenvalue weighted by molar-refractivity contribution is 0.439. The summed E-state index contributed by atoms with van der Waals surface area (Å²) in [6, 6.07) is 0.565. The van der Waals surface area contributed by atoms with Crippen LogP contribution in [0.15, 0.2) is 5.38 Å². The third-order valence-corrected chi connectivity index (χ3v) is 3.97. The zero-order valence-electron chi connectivity index (χ0n) is 12.0. The molecule has 1 heterocycles. The molecule has 1 aromatic rings. The normalized spacial score (nSPS) is 14.3. The summed E-state index contributed by atoms with van der Waals surface area (Å²) in [5.74, 6) is 0.748. The van der Waals surface area contributed by atoms with E-state index >= 15 is 0 Å². The van der Waals surface area contributed by atoms with Gasteiger partial charge >= 0.3 is 0 Å². The smallest absolute Gasteiger partial charge is 0.0982 e. The number of hydrogen-bond donors (Lipinski definition) is 1. The van der Waals surface area contributed by atoms with Crippen molar-refractivity contribution in [1.82, 2.24) is 10.3 Å². The van der Waals surface area contributed by atoms with Crippen LogP contribution in [0.5, 0.6) is 0 Å². The number of nitrogens with zero attached hydrogens (tertiary/aromatic N) is 1. The maximum atomic E-state index is 4.69. The number of hydrogen-bond acceptors (Lipinski definition) is 3. The molecule has 0 amide bonds. The van der Waals surface area contributed by atoms with Crippen molar-refractivity contribution in [3.8, 4) is 0 Å². The van der Waals surface area contributed by atoms with Crippen LogP contribution in [0.2, 0.25) is 0 Å². The van der Waals surface area contributed by atoms with Crippen molar-refractivity contribution in [1.29, 1.82) is 0 Å². The predicted molar refractivity (Wildman–Crippen MR) is 76.6 cm³/mol. The fourth-order valence-electron chi connectivity index (χ4n) is 1.80. The van der Waals surface area contributed by atoms with E-state index in [1.165, 1.54) is 17.1 Å². The summed E-state index contributed by atoms with van der Waals surface area (Å²) in [5, 5.41) is 6.94. The molecule has 17 heavy (non-hydrogen) atoms. The highest BCUT2D eigenvalue weighted by Crippen LogP contribution is 2.25. The van der Waals surface area contributed by atoms with E-state index in [4.69, 9.17) is 0 Å². The molecule has 0 aromatic carbocycles. The van der Waals surface area contributed by atoms with Crippen molar-refractivity contribution in [2.24, 2.45) is 5.92 Å². The lowest BCUT2D eigenvalue weighted by Gasteiger charge is -2.15. The number of rotatable bonds is 5. The van der Waals surface area contributed by atoms with Crippen LogP contribution in [-0.4, -0.2) is 11.0 Å². The Kier molecular flexibility index (Phi) is 5.14. The Balaban J connectivity index is 2.45. The van der Waals surface area contributed by atoms with E-state index in [1.54, 1.807) is 11.3 Å². The summed E-state index contributed by atoms with van der Waals surface area (Å²) in [5.41, 5.74) is 1.35. The second-order valence-corrected chi connectivity index (χ2v) is 7.16. The quantitative estimate of drug-likeness (QED) is 0.860. The van der Waals surface area contributed by atoms with Crippen molar-refractivity contribution < 1.29 is 0 Å². The SMILES string of the molecule is CC(C)CC(C)NCc1csc(C(C)(C)C)n1. The molecule has 0 saturated carbocycles. The van der Waals surface area contributed by atoms with Gasteiger partial charge in [0.25, 0.3) is 0 Å². The van der Waals surface area contributed by atoms with E-state index in [2.05, 4.69) is 57.2 Å². The Labute approximate surface area is 110 Å². The molecule has 3 heteroatoms. The first-order valence-electron chi connectivity index (χ1n) is 6.47. The van der Waals surface area contributed by atoms with Crippen LogP contribution in [-0.2, 0) is 12.0 Å². The number of thiazole rings is 1. The molecule has 2 nitrogen and oxygen atoms in total. The molecular weight excluding hydrogens is 228 g/mol. The van der Waals surface area contributed by atoms with E-state index in [0.717, 1.165) is 12.5 Å². The first-order valence-corrected chi connectivity index (χ1v) is 7.35. The molecule has 1 rings (SSSR count). The average Bonchev–Trinajstić information content (AvgIpc) is 2.61. The summed E-state index contributed by atoms with van der Waals surface area (Å²) >= 11 is 1.77. The Bertz CT molecular complexity index is 336. The molecule has 0 aliphatic rings. The Morgan fingerprint density at radius 1 is 1.29 bits per heavy atom. The van der Waals surface area contributed by atoms with E-state index < -0.39 is 0 Å². The molecule has 1 atom stereocenters. The van der Waals surface area contributed by atoms with Crippen molar-refractivity contribution in [3.05, 3.63) is 16.1 Å². The molecular formula is C14H26N2S. The summed E-state index contributed by atoms with van der Waals surface area (Å²) in [7, 11) is 0. The van der Waals surface area contributed by atoms with Gasteiger partial charge in [-0.2, -0.15) is 0 Å². The van der Waals surface area contributed by atoms with Gasteiger partial charge in [-0.25, -0.2) is 4.98 Å². The Morgan fingerprint density at radius 3 is 2.41 bits per heavy atom. The first-order chi connectivity index (χ1) is 7.79. The molecule has 0 fully saturated rings. The first kappa shape index (κ1) is 14.7. The van der Waals surface area contributed by atoms with Gasteiger partial charge < -0.3 is 5.32 Å². The van der Waals surface area contributed by atoms with Crippen LogP contribution >= 0.6 is 11.3 Å². The van der Waals surface area contributed by atoms with Gasteiger partial charge in [0.15, 0.2) is 0 Å². The Hall–Kier alpha value is -0.410. The van der Waals surface area contributed by atoms with Gasteiger partial charge in [-0.3, -0.25) is 0 Å². The van der Waals surface area contributed by atoms with E-state index in [1.807, 2.05) is 0 Å². The lowest BCUT2D eigenvalue weighted by Crippen LogP contribution is -2.27. The van der Waals surface area contributed by atoms with Gasteiger partial charge in [0.05, 0.1) is 10.7 Å². The molecule has 0 aliphatic heterocycles. The molecule has 1 unspecified atom stereocenters. The fraction of sp³-hybridized carbons (Fsp3) is 0.786. The number of nitrogens with one attached hydrogen (secondary N) is 1. The Morgan fingerprint density at radius 2 is 1.94 bits per heavy atom. The zero-order valence-corrected chi connectivity index (χ0v) is 12.8. The van der Waals surface area contributed by atoms with E-state index in [-0.39, 0.29) is 5.41 Å². The lowest BCUT2D eigenvalue weighted by atomic mass is 9.98. The van der Waals surface area contributed by atoms with Crippen LogP contribution in [0.25, 0.3) is 0 Å². The van der Waals surface area contributed by atoms with Gasteiger partial charge in [0.2, 0.25) is 0 Å². The maximum Gasteiger partial charge on any atom is 0.0982 e. The fourth-order valence-corrected chi connectivity index (χ4v) is 2.71. The molecule has 0 spiro atoms. The molecule has 0 radical (unpaired) electrons. The predicted octanol–water partition coefficient (Wildman–Crippen LogP) is 3.96. The molecule has 0 aliphatic carbocycles. The minimum Gasteiger partial charge on any atom is -0.309 e. The average molecular weight is 254 g/mol. The van der Waals surface area contributed by atoms with Gasteiger partial charge in [-0.1, -0.05) is 34.6 Å². The van der Waals surface area contributed by atoms with Crippen LogP contribution in [0.3, 0.4) is 0 Å². The van der Waals surface area contributed by atoms with Gasteiger partial charge in [-0.15, -0.1) is 11.3 Å². The molecule has 98 valence electrons. The van der Waals surface area contributed by atoms with Crippen LogP contribution in [0.1, 0.15) is 58.7 Å². The summed E-state index contributed by atoms with van der Waals surface area (Å²) < 4.78 is 0. The number of aromatic nitrogens is 1. The van der Waals surface area contributed by atoms with Crippen molar-refractivity contribution in [3.63, 3.8) is 0 Å². The zero-order chi connectivity index (χ0) is 13.1. The monoisotopic (exact) mass is 254 g/mol. The summed E-state index contributed by atoms with van der Waals surface area (Å²) in [4.78, 5) is 4.69. The van der Waals surface area contributed by atoms with Crippen LogP contribution in [0.4, 0.5) is 0 Å². The highest BCUT2D eigenvalue weighted by molar-refractivity contribution is 7.09. The molecule has 1 aromatic heterocycles. The van der Waals surface area contributed by atoms with Gasteiger partial charge in [-0.05, 0) is 19.3 Å². The third kappa shape index (κ3) is 5.17. The standard InChI is InChI=1S/C14H26N2S/c1-10(2)7-11(3)15-8-12-9-17-13(16-12)14(4,5)6/h9-11,15H,7-8H2,1-6H3. The topological polar surface area (TPSA) is 24.9 Å². The highest BCUT2D eigenvalue weighted by Gasteiger charge is 2.17. The van der Waals surface area contributed by atoms with Gasteiger partial charge in [0.1, 0.15) is 0 Å². The largest absolute Gasteiger partial charge is 0.309 e. The van der Waals surface area contributed by atoms with E-state index in [0.29, 0.717) is 6.04 Å². The second kappa shape index (κ2) is 5.96. The van der Waals surface area contributed by atoms with E-state index in [9.17, 15) is 0 Å². The van der Waals surface area contributed by atoms with Crippen LogP contribution < -0.4 is 5.32 Å². The summed E-state index contributed by atoms with van der Waals surface area (Å²) in [6.07, 6.45) is 1.22. The van der Waals surface area contributed by atoms with Crippen LogP contribution in [0, 0.1) is 5.92 Å². The maximum absolute atomic E-state index is 4.69. The minimum absolute atomic E-state index is 0.173. The van der Waals surface area contributed by atoms with Gasteiger partial charge in [0, 0.05) is 23.4 Å². The molecule has 0 saturated heterocycles. The van der Waals surface area contributed by atoms with Crippen molar-refractivity contribution in [2.75, 3.05) is 0 Å². The molecule has 1 N–H and O–H groups in total. The minimum atomic E-state index is 0.173.